The van der Waals surface area contributed by atoms with Gasteiger partial charge in [0.15, 0.2) is 0 Å². The molecule has 2 atom stereocenters. The van der Waals surface area contributed by atoms with E-state index in [2.05, 4.69) is 12.2 Å². The average Bonchev–Trinajstić information content (AvgIpc) is 2.39. The second kappa shape index (κ2) is 8.30. The third-order valence-electron chi connectivity index (χ3n) is 3.33. The van der Waals surface area contributed by atoms with Crippen LogP contribution in [0.5, 0.6) is 0 Å². The highest BCUT2D eigenvalue weighted by Gasteiger charge is 2.28. The Bertz CT molecular complexity index is 312. The number of nitrogens with zero attached hydrogens (tertiary/aromatic N) is 1. The highest BCUT2D eigenvalue weighted by Crippen LogP contribution is 2.16. The van der Waals surface area contributed by atoms with Gasteiger partial charge in [0.2, 0.25) is 0 Å². The predicted octanol–water partition coefficient (Wildman–Crippen LogP) is 2.02. The van der Waals surface area contributed by atoms with Crippen molar-refractivity contribution >= 4 is 23.8 Å². The molecule has 0 bridgehead atoms. The van der Waals surface area contributed by atoms with Crippen LogP contribution in [0.15, 0.2) is 0 Å². The number of carboxylic acids is 1. The lowest BCUT2D eigenvalue weighted by molar-refractivity contribution is -0.143. The molecule has 0 aromatic rings. The Hall–Kier alpha value is -0.910. The van der Waals surface area contributed by atoms with E-state index in [0.717, 1.165) is 24.3 Å². The van der Waals surface area contributed by atoms with Crippen LogP contribution in [-0.2, 0) is 4.79 Å². The van der Waals surface area contributed by atoms with E-state index in [-0.39, 0.29) is 12.1 Å². The van der Waals surface area contributed by atoms with Crippen LogP contribution in [-0.4, -0.2) is 52.6 Å². The second-order valence-corrected chi connectivity index (χ2v) is 6.35. The molecule has 6 heteroatoms. The van der Waals surface area contributed by atoms with Gasteiger partial charge in [0, 0.05) is 19.1 Å². The van der Waals surface area contributed by atoms with Crippen molar-refractivity contribution < 1.29 is 14.7 Å². The zero-order chi connectivity index (χ0) is 14.3. The van der Waals surface area contributed by atoms with E-state index >= 15 is 0 Å². The number of piperidine rings is 1. The number of thioether (sulfide) groups is 1. The third-order valence-corrected chi connectivity index (χ3v) is 4.26. The monoisotopic (exact) mass is 288 g/mol. The maximum absolute atomic E-state index is 12.0. The summed E-state index contributed by atoms with van der Waals surface area (Å²) in [6.07, 6.45) is 2.38. The number of nitrogens with one attached hydrogen (secondary N) is 1. The summed E-state index contributed by atoms with van der Waals surface area (Å²) >= 11 is 1.86. The molecule has 2 unspecified atom stereocenters. The molecule has 0 saturated carbocycles. The van der Waals surface area contributed by atoms with Crippen molar-refractivity contribution in [3.8, 4) is 0 Å². The summed E-state index contributed by atoms with van der Waals surface area (Å²) < 4.78 is 0. The first-order valence-corrected chi connectivity index (χ1v) is 8.06. The minimum absolute atomic E-state index is 0.125. The fourth-order valence-corrected chi connectivity index (χ4v) is 2.95. The highest BCUT2D eigenvalue weighted by atomic mass is 32.2. The van der Waals surface area contributed by atoms with Crippen molar-refractivity contribution in [1.29, 1.82) is 0 Å². The van der Waals surface area contributed by atoms with Crippen LogP contribution in [0.2, 0.25) is 0 Å². The Kier molecular flexibility index (Phi) is 7.05. The molecule has 0 aliphatic carbocycles. The number of rotatable bonds is 6. The van der Waals surface area contributed by atoms with Crippen molar-refractivity contribution in [2.75, 3.05) is 24.6 Å². The van der Waals surface area contributed by atoms with E-state index in [4.69, 9.17) is 5.11 Å². The van der Waals surface area contributed by atoms with Gasteiger partial charge >= 0.3 is 12.0 Å². The van der Waals surface area contributed by atoms with Crippen LogP contribution in [0.25, 0.3) is 0 Å². The average molecular weight is 288 g/mol. The van der Waals surface area contributed by atoms with Crippen molar-refractivity contribution in [2.24, 2.45) is 5.92 Å². The zero-order valence-electron chi connectivity index (χ0n) is 11.7. The van der Waals surface area contributed by atoms with Gasteiger partial charge in [-0.25, -0.2) is 4.79 Å². The molecule has 0 aromatic carbocycles. The lowest BCUT2D eigenvalue weighted by Gasteiger charge is -2.31. The SMILES string of the molecule is CCSCCC(C)NC(=O)N1CCCC(C(=O)O)C1. The van der Waals surface area contributed by atoms with E-state index in [1.807, 2.05) is 18.7 Å². The number of carboxylic acid groups (broad SMARTS) is 1. The summed E-state index contributed by atoms with van der Waals surface area (Å²) in [6, 6.07) is 0.0108. The number of urea groups is 1. The van der Waals surface area contributed by atoms with Gasteiger partial charge in [-0.05, 0) is 37.7 Å². The molecule has 1 fully saturated rings. The summed E-state index contributed by atoms with van der Waals surface area (Å²) in [4.78, 5) is 24.6. The van der Waals surface area contributed by atoms with Crippen LogP contribution >= 0.6 is 11.8 Å². The first-order valence-electron chi connectivity index (χ1n) is 6.90. The van der Waals surface area contributed by atoms with Gasteiger partial charge in [-0.3, -0.25) is 4.79 Å². The topological polar surface area (TPSA) is 69.6 Å². The minimum Gasteiger partial charge on any atom is -0.481 e. The Balaban J connectivity index is 2.33. The molecule has 0 spiro atoms. The maximum atomic E-state index is 12.0. The molecule has 0 aromatic heterocycles. The van der Waals surface area contributed by atoms with Crippen LogP contribution in [0, 0.1) is 5.92 Å². The van der Waals surface area contributed by atoms with Gasteiger partial charge in [-0.15, -0.1) is 0 Å². The summed E-state index contributed by atoms with van der Waals surface area (Å²) in [5.41, 5.74) is 0. The largest absolute Gasteiger partial charge is 0.481 e. The Labute approximate surface area is 119 Å². The Morgan fingerprint density at radius 2 is 2.26 bits per heavy atom. The molecule has 0 radical (unpaired) electrons. The van der Waals surface area contributed by atoms with Crippen molar-refractivity contribution in [1.82, 2.24) is 10.2 Å². The lowest BCUT2D eigenvalue weighted by atomic mass is 9.99. The van der Waals surface area contributed by atoms with Gasteiger partial charge in [0.25, 0.3) is 0 Å². The second-order valence-electron chi connectivity index (χ2n) is 4.96. The molecule has 1 aliphatic heterocycles. The third kappa shape index (κ3) is 5.72. The van der Waals surface area contributed by atoms with E-state index in [9.17, 15) is 9.59 Å². The molecule has 1 rings (SSSR count). The summed E-state index contributed by atoms with van der Waals surface area (Å²) in [5.74, 6) is 0.915. The smallest absolute Gasteiger partial charge is 0.317 e. The quantitative estimate of drug-likeness (QED) is 0.734. The maximum Gasteiger partial charge on any atom is 0.317 e. The highest BCUT2D eigenvalue weighted by molar-refractivity contribution is 7.99. The Morgan fingerprint density at radius 3 is 2.89 bits per heavy atom. The number of likely N-dealkylation sites (tertiary alicyclic amines) is 1. The molecule has 110 valence electrons. The van der Waals surface area contributed by atoms with Gasteiger partial charge in [-0.2, -0.15) is 11.8 Å². The van der Waals surface area contributed by atoms with Crippen LogP contribution in [0.1, 0.15) is 33.1 Å². The summed E-state index contributed by atoms with van der Waals surface area (Å²) in [7, 11) is 0. The molecular formula is C13H24N2O3S. The molecule has 2 amide bonds. The normalized spacial score (nSPS) is 20.9. The van der Waals surface area contributed by atoms with Crippen LogP contribution in [0.3, 0.4) is 0 Å². The van der Waals surface area contributed by atoms with Crippen LogP contribution < -0.4 is 5.32 Å². The summed E-state index contributed by atoms with van der Waals surface area (Å²) in [6.45, 7) is 5.10. The number of hydrogen-bond donors (Lipinski definition) is 2. The lowest BCUT2D eigenvalue weighted by Crippen LogP contribution is -2.49. The standard InChI is InChI=1S/C13H24N2O3S/c1-3-19-8-6-10(2)14-13(18)15-7-4-5-11(9-15)12(16)17/h10-11H,3-9H2,1-2H3,(H,14,18)(H,16,17). The first kappa shape index (κ1) is 16.1. The van der Waals surface area contributed by atoms with Crippen LogP contribution in [0.4, 0.5) is 4.79 Å². The van der Waals surface area contributed by atoms with Crippen molar-refractivity contribution in [2.45, 2.75) is 39.2 Å². The molecular weight excluding hydrogens is 264 g/mol. The first-order chi connectivity index (χ1) is 9.04. The fraction of sp³-hybridized carbons (Fsp3) is 0.846. The fourth-order valence-electron chi connectivity index (χ4n) is 2.14. The van der Waals surface area contributed by atoms with Crippen molar-refractivity contribution in [3.05, 3.63) is 0 Å². The molecule has 2 N–H and O–H groups in total. The van der Waals surface area contributed by atoms with Gasteiger partial charge in [0.05, 0.1) is 5.92 Å². The number of amides is 2. The minimum atomic E-state index is -0.801. The van der Waals surface area contributed by atoms with Gasteiger partial charge in [0.1, 0.15) is 0 Å². The zero-order valence-corrected chi connectivity index (χ0v) is 12.5. The number of carbonyl (C=O) groups is 2. The number of aliphatic carboxylic acids is 1. The Morgan fingerprint density at radius 1 is 1.53 bits per heavy atom. The molecule has 1 saturated heterocycles. The summed E-state index contributed by atoms with van der Waals surface area (Å²) in [5, 5.41) is 12.0. The predicted molar refractivity (Wildman–Crippen MR) is 77.5 cm³/mol. The van der Waals surface area contributed by atoms with E-state index < -0.39 is 11.9 Å². The molecule has 5 nitrogen and oxygen atoms in total. The van der Waals surface area contributed by atoms with E-state index in [1.165, 1.54) is 0 Å². The number of carbonyl (C=O) groups excluding carboxylic acids is 1. The number of hydrogen-bond acceptors (Lipinski definition) is 3. The van der Waals surface area contributed by atoms with E-state index in [0.29, 0.717) is 19.5 Å². The van der Waals surface area contributed by atoms with Gasteiger partial charge in [-0.1, -0.05) is 6.92 Å². The van der Waals surface area contributed by atoms with Gasteiger partial charge < -0.3 is 15.3 Å². The molecule has 1 aliphatic rings. The molecule has 19 heavy (non-hydrogen) atoms. The van der Waals surface area contributed by atoms with Crippen molar-refractivity contribution in [3.63, 3.8) is 0 Å². The molecule has 1 heterocycles. The van der Waals surface area contributed by atoms with E-state index in [1.54, 1.807) is 4.90 Å².